The highest BCUT2D eigenvalue weighted by Gasteiger charge is 2.02. The van der Waals surface area contributed by atoms with E-state index < -0.39 is 20.0 Å². The van der Waals surface area contributed by atoms with E-state index in [1.54, 1.807) is 0 Å². The van der Waals surface area contributed by atoms with E-state index in [1.807, 2.05) is 0 Å². The van der Waals surface area contributed by atoms with Crippen molar-refractivity contribution >= 4 is 20.0 Å². The molecule has 20 heavy (non-hydrogen) atoms. The summed E-state index contributed by atoms with van der Waals surface area (Å²) in [6.45, 7) is 7.56. The molecule has 0 aromatic heterocycles. The summed E-state index contributed by atoms with van der Waals surface area (Å²) in [5.74, 6) is 0. The first kappa shape index (κ1) is 19.2. The second-order valence-corrected chi connectivity index (χ2v) is 6.86. The molecule has 0 saturated heterocycles. The maximum atomic E-state index is 10.9. The van der Waals surface area contributed by atoms with Crippen LogP contribution in [0.5, 0.6) is 0 Å². The molecule has 0 aromatic carbocycles. The minimum atomic E-state index is -3.41. The topological polar surface area (TPSA) is 111 Å². The van der Waals surface area contributed by atoms with Crippen LogP contribution in [0.1, 0.15) is 0 Å². The standard InChI is InChI=1S/C10H20N2O6S2/c1-3-19(13,14)11-5-7-17-9-10-18-8-6-12-20(15,16)4-2/h3-4,11-12H,1-2,5-10H2. The zero-order valence-corrected chi connectivity index (χ0v) is 12.7. The van der Waals surface area contributed by atoms with E-state index >= 15 is 0 Å². The predicted molar refractivity (Wildman–Crippen MR) is 75.9 cm³/mol. The molecule has 0 unspecified atom stereocenters. The smallest absolute Gasteiger partial charge is 0.233 e. The van der Waals surface area contributed by atoms with Crippen LogP contribution in [0.2, 0.25) is 0 Å². The third-order valence-corrected chi connectivity index (χ3v) is 4.00. The van der Waals surface area contributed by atoms with Crippen molar-refractivity contribution in [3.63, 3.8) is 0 Å². The molecule has 0 heterocycles. The highest BCUT2D eigenvalue weighted by atomic mass is 32.2. The highest BCUT2D eigenvalue weighted by molar-refractivity contribution is 7.92. The van der Waals surface area contributed by atoms with Gasteiger partial charge in [-0.3, -0.25) is 0 Å². The quantitative estimate of drug-likeness (QED) is 0.426. The van der Waals surface area contributed by atoms with Crippen LogP contribution in [0.15, 0.2) is 24.0 Å². The molecule has 2 N–H and O–H groups in total. The lowest BCUT2D eigenvalue weighted by atomic mass is 10.7. The molecule has 0 atom stereocenters. The van der Waals surface area contributed by atoms with Gasteiger partial charge in [-0.1, -0.05) is 13.2 Å². The molecule has 0 spiro atoms. The van der Waals surface area contributed by atoms with Crippen LogP contribution < -0.4 is 9.44 Å². The Labute approximate surface area is 119 Å². The molecule has 118 valence electrons. The number of hydrogen-bond donors (Lipinski definition) is 2. The fourth-order valence-corrected chi connectivity index (χ4v) is 1.92. The molecule has 10 heteroatoms. The molecule has 0 aliphatic heterocycles. The zero-order chi connectivity index (χ0) is 15.5. The third kappa shape index (κ3) is 11.1. The number of nitrogens with one attached hydrogen (secondary N) is 2. The Morgan fingerprint density at radius 2 is 1.10 bits per heavy atom. The van der Waals surface area contributed by atoms with E-state index in [0.29, 0.717) is 0 Å². The van der Waals surface area contributed by atoms with Gasteiger partial charge in [0.05, 0.1) is 26.4 Å². The van der Waals surface area contributed by atoms with Gasteiger partial charge in [0.25, 0.3) is 0 Å². The van der Waals surface area contributed by atoms with Gasteiger partial charge in [0.2, 0.25) is 20.0 Å². The van der Waals surface area contributed by atoms with Gasteiger partial charge in [0, 0.05) is 23.9 Å². The summed E-state index contributed by atoms with van der Waals surface area (Å²) in [5, 5.41) is 1.64. The molecule has 0 amide bonds. The first-order chi connectivity index (χ1) is 9.33. The number of hydrogen-bond acceptors (Lipinski definition) is 6. The van der Waals surface area contributed by atoms with E-state index in [9.17, 15) is 16.8 Å². The molecule has 0 aromatic rings. The lowest BCUT2D eigenvalue weighted by Crippen LogP contribution is -2.27. The van der Waals surface area contributed by atoms with E-state index in [1.165, 1.54) is 0 Å². The SMILES string of the molecule is C=CS(=O)(=O)NCCOCCOCCNS(=O)(=O)C=C. The van der Waals surface area contributed by atoms with Crippen LogP contribution in [-0.4, -0.2) is 56.4 Å². The van der Waals surface area contributed by atoms with Gasteiger partial charge in [-0.05, 0) is 0 Å². The summed E-state index contributed by atoms with van der Waals surface area (Å²) in [7, 11) is -6.82. The van der Waals surface area contributed by atoms with Crippen molar-refractivity contribution in [1.29, 1.82) is 0 Å². The Morgan fingerprint density at radius 1 is 0.750 bits per heavy atom. The minimum Gasteiger partial charge on any atom is -0.378 e. The van der Waals surface area contributed by atoms with Crippen LogP contribution in [0.25, 0.3) is 0 Å². The fourth-order valence-electron chi connectivity index (χ4n) is 0.952. The van der Waals surface area contributed by atoms with Gasteiger partial charge in [0.1, 0.15) is 0 Å². The van der Waals surface area contributed by atoms with E-state index in [-0.39, 0.29) is 39.5 Å². The summed E-state index contributed by atoms with van der Waals surface area (Å²) in [5.41, 5.74) is 0. The van der Waals surface area contributed by atoms with Crippen molar-refractivity contribution < 1.29 is 26.3 Å². The first-order valence-corrected chi connectivity index (χ1v) is 8.82. The maximum absolute atomic E-state index is 10.9. The Balaban J connectivity index is 3.38. The van der Waals surface area contributed by atoms with Crippen LogP contribution in [0.3, 0.4) is 0 Å². The van der Waals surface area contributed by atoms with Gasteiger partial charge in [-0.15, -0.1) is 0 Å². The van der Waals surface area contributed by atoms with Crippen molar-refractivity contribution in [2.45, 2.75) is 0 Å². The van der Waals surface area contributed by atoms with Crippen LogP contribution in [0, 0.1) is 0 Å². The second-order valence-electron chi connectivity index (χ2n) is 3.44. The summed E-state index contributed by atoms with van der Waals surface area (Å²) >= 11 is 0. The summed E-state index contributed by atoms with van der Waals surface area (Å²) in [6, 6.07) is 0. The molecular formula is C10H20N2O6S2. The molecule has 0 fully saturated rings. The lowest BCUT2D eigenvalue weighted by molar-refractivity contribution is 0.0523. The predicted octanol–water partition coefficient (Wildman–Crippen LogP) is -0.855. The number of sulfonamides is 2. The van der Waals surface area contributed by atoms with E-state index in [0.717, 1.165) is 10.8 Å². The van der Waals surface area contributed by atoms with Gasteiger partial charge >= 0.3 is 0 Å². The van der Waals surface area contributed by atoms with Crippen LogP contribution in [-0.2, 0) is 29.5 Å². The molecule has 0 bridgehead atoms. The van der Waals surface area contributed by atoms with E-state index in [4.69, 9.17) is 9.47 Å². The Hall–Kier alpha value is -0.780. The molecule has 0 saturated carbocycles. The molecule has 8 nitrogen and oxygen atoms in total. The third-order valence-electron chi connectivity index (χ3n) is 1.91. The molecule has 0 aliphatic rings. The summed E-state index contributed by atoms with van der Waals surface area (Å²) in [6.07, 6.45) is 0. The Morgan fingerprint density at radius 3 is 1.40 bits per heavy atom. The molecule has 0 aliphatic carbocycles. The van der Waals surface area contributed by atoms with Gasteiger partial charge in [0.15, 0.2) is 0 Å². The van der Waals surface area contributed by atoms with Crippen molar-refractivity contribution in [3.8, 4) is 0 Å². The average Bonchev–Trinajstić information content (AvgIpc) is 2.41. The monoisotopic (exact) mass is 328 g/mol. The van der Waals surface area contributed by atoms with Crippen LogP contribution in [0.4, 0.5) is 0 Å². The Kier molecular flexibility index (Phi) is 9.63. The van der Waals surface area contributed by atoms with Crippen molar-refractivity contribution in [3.05, 3.63) is 24.0 Å². The van der Waals surface area contributed by atoms with Crippen molar-refractivity contribution in [2.75, 3.05) is 39.5 Å². The summed E-state index contributed by atoms with van der Waals surface area (Å²) in [4.78, 5) is 0. The summed E-state index contributed by atoms with van der Waals surface area (Å²) < 4.78 is 58.5. The van der Waals surface area contributed by atoms with Crippen molar-refractivity contribution in [1.82, 2.24) is 9.44 Å². The van der Waals surface area contributed by atoms with Crippen molar-refractivity contribution in [2.24, 2.45) is 0 Å². The maximum Gasteiger partial charge on any atom is 0.233 e. The number of ether oxygens (including phenoxy) is 2. The Bertz CT molecular complexity index is 440. The number of rotatable bonds is 13. The van der Waals surface area contributed by atoms with Gasteiger partial charge in [-0.25, -0.2) is 26.3 Å². The molecule has 0 rings (SSSR count). The minimum absolute atomic E-state index is 0.146. The second kappa shape index (κ2) is 10.0. The van der Waals surface area contributed by atoms with Gasteiger partial charge in [-0.2, -0.15) is 0 Å². The molecule has 0 radical (unpaired) electrons. The lowest BCUT2D eigenvalue weighted by Gasteiger charge is -2.06. The highest BCUT2D eigenvalue weighted by Crippen LogP contribution is 1.85. The first-order valence-electron chi connectivity index (χ1n) is 5.72. The average molecular weight is 328 g/mol. The fraction of sp³-hybridized carbons (Fsp3) is 0.600. The molecular weight excluding hydrogens is 308 g/mol. The van der Waals surface area contributed by atoms with E-state index in [2.05, 4.69) is 22.6 Å². The normalized spacial score (nSPS) is 12.2. The van der Waals surface area contributed by atoms with Crippen LogP contribution >= 0.6 is 0 Å². The zero-order valence-electron chi connectivity index (χ0n) is 11.1. The van der Waals surface area contributed by atoms with Gasteiger partial charge < -0.3 is 9.47 Å². The largest absolute Gasteiger partial charge is 0.378 e.